The number of rotatable bonds is 5. The van der Waals surface area contributed by atoms with E-state index in [-0.39, 0.29) is 0 Å². The number of halogens is 1. The number of hydrogen-bond donors (Lipinski definition) is 0. The van der Waals surface area contributed by atoms with Gasteiger partial charge >= 0.3 is 0 Å². The molecule has 0 aromatic heterocycles. The summed E-state index contributed by atoms with van der Waals surface area (Å²) in [4.78, 5) is 0. The van der Waals surface area contributed by atoms with Crippen LogP contribution in [-0.4, -0.2) is 31.3 Å². The van der Waals surface area contributed by atoms with E-state index in [4.69, 9.17) is 9.47 Å². The smallest absolute Gasteiger partial charge is 0.0808 e. The minimum Gasteiger partial charge on any atom is -0.378 e. The quantitative estimate of drug-likeness (QED) is 0.719. The van der Waals surface area contributed by atoms with Gasteiger partial charge in [0.2, 0.25) is 0 Å². The Kier molecular flexibility index (Phi) is 4.47. The third-order valence-corrected chi connectivity index (χ3v) is 4.87. The standard InChI is InChI=1S/C12H21BrO2/c13-9-12(5-3-6-12)10-14-8-11-4-1-2-7-15-11/h11H,1-10H2. The van der Waals surface area contributed by atoms with Crippen LogP contribution >= 0.6 is 15.9 Å². The third kappa shape index (κ3) is 3.18. The van der Waals surface area contributed by atoms with Crippen molar-refractivity contribution in [3.8, 4) is 0 Å². The second-order valence-electron chi connectivity index (χ2n) is 4.99. The van der Waals surface area contributed by atoms with Gasteiger partial charge in [-0.2, -0.15) is 0 Å². The van der Waals surface area contributed by atoms with Crippen LogP contribution in [-0.2, 0) is 9.47 Å². The van der Waals surface area contributed by atoms with E-state index in [2.05, 4.69) is 15.9 Å². The summed E-state index contributed by atoms with van der Waals surface area (Å²) in [6, 6.07) is 0. The molecule has 2 fully saturated rings. The lowest BCUT2D eigenvalue weighted by Gasteiger charge is -2.40. The van der Waals surface area contributed by atoms with Gasteiger partial charge in [0.15, 0.2) is 0 Å². The second-order valence-corrected chi connectivity index (χ2v) is 5.55. The van der Waals surface area contributed by atoms with Crippen LogP contribution in [0.3, 0.4) is 0 Å². The molecule has 0 spiro atoms. The van der Waals surface area contributed by atoms with Crippen molar-refractivity contribution in [1.82, 2.24) is 0 Å². The van der Waals surface area contributed by atoms with Gasteiger partial charge in [0.05, 0.1) is 19.3 Å². The van der Waals surface area contributed by atoms with Gasteiger partial charge in [-0.3, -0.25) is 0 Å². The summed E-state index contributed by atoms with van der Waals surface area (Å²) in [7, 11) is 0. The van der Waals surface area contributed by atoms with Gasteiger partial charge < -0.3 is 9.47 Å². The molecule has 1 unspecified atom stereocenters. The minimum absolute atomic E-state index is 0.367. The topological polar surface area (TPSA) is 18.5 Å². The largest absolute Gasteiger partial charge is 0.378 e. The Morgan fingerprint density at radius 1 is 1.27 bits per heavy atom. The molecular weight excluding hydrogens is 256 g/mol. The SMILES string of the molecule is BrCC1(COCC2CCCCO2)CCC1. The molecule has 0 N–H and O–H groups in total. The molecule has 2 rings (SSSR count). The fourth-order valence-corrected chi connectivity index (χ4v) is 3.06. The van der Waals surface area contributed by atoms with Gasteiger partial charge in [0.1, 0.15) is 0 Å². The fourth-order valence-electron chi connectivity index (χ4n) is 2.34. The number of alkyl halides is 1. The third-order valence-electron chi connectivity index (χ3n) is 3.68. The monoisotopic (exact) mass is 276 g/mol. The van der Waals surface area contributed by atoms with Crippen LogP contribution in [0, 0.1) is 5.41 Å². The molecule has 0 radical (unpaired) electrons. The van der Waals surface area contributed by atoms with Crippen molar-refractivity contribution in [2.45, 2.75) is 44.6 Å². The van der Waals surface area contributed by atoms with Crippen LogP contribution in [0.5, 0.6) is 0 Å². The van der Waals surface area contributed by atoms with Gasteiger partial charge in [0, 0.05) is 17.4 Å². The van der Waals surface area contributed by atoms with E-state index < -0.39 is 0 Å². The van der Waals surface area contributed by atoms with Crippen LogP contribution in [0.15, 0.2) is 0 Å². The summed E-state index contributed by atoms with van der Waals surface area (Å²) in [6.07, 6.45) is 8.09. The summed E-state index contributed by atoms with van der Waals surface area (Å²) in [5.74, 6) is 0. The molecule has 0 aromatic rings. The molecule has 1 saturated carbocycles. The average molecular weight is 277 g/mol. The highest BCUT2D eigenvalue weighted by atomic mass is 79.9. The van der Waals surface area contributed by atoms with Gasteiger partial charge in [-0.05, 0) is 32.1 Å². The van der Waals surface area contributed by atoms with Gasteiger partial charge in [-0.15, -0.1) is 0 Å². The van der Waals surface area contributed by atoms with Gasteiger partial charge in [0.25, 0.3) is 0 Å². The molecule has 2 nitrogen and oxygen atoms in total. The van der Waals surface area contributed by atoms with Crippen molar-refractivity contribution in [3.05, 3.63) is 0 Å². The van der Waals surface area contributed by atoms with Crippen LogP contribution in [0.25, 0.3) is 0 Å². The Bertz CT molecular complexity index is 181. The molecule has 15 heavy (non-hydrogen) atoms. The van der Waals surface area contributed by atoms with Crippen LogP contribution in [0.1, 0.15) is 38.5 Å². The molecular formula is C12H21BrO2. The molecule has 88 valence electrons. The van der Waals surface area contributed by atoms with Crippen molar-refractivity contribution in [3.63, 3.8) is 0 Å². The van der Waals surface area contributed by atoms with Crippen molar-refractivity contribution in [2.75, 3.05) is 25.2 Å². The van der Waals surface area contributed by atoms with E-state index in [9.17, 15) is 0 Å². The molecule has 1 aliphatic heterocycles. The average Bonchev–Trinajstić information content (AvgIpc) is 2.24. The fraction of sp³-hybridized carbons (Fsp3) is 1.00. The Balaban J connectivity index is 1.61. The van der Waals surface area contributed by atoms with Crippen molar-refractivity contribution >= 4 is 15.9 Å². The maximum Gasteiger partial charge on any atom is 0.0808 e. The summed E-state index contributed by atoms with van der Waals surface area (Å²) < 4.78 is 11.5. The minimum atomic E-state index is 0.367. The highest BCUT2D eigenvalue weighted by Crippen LogP contribution is 2.42. The zero-order chi connectivity index (χ0) is 10.6. The molecule has 2 aliphatic rings. The zero-order valence-electron chi connectivity index (χ0n) is 9.34. The van der Waals surface area contributed by atoms with E-state index in [1.807, 2.05) is 0 Å². The van der Waals surface area contributed by atoms with Crippen molar-refractivity contribution in [2.24, 2.45) is 5.41 Å². The first-order valence-electron chi connectivity index (χ1n) is 6.10. The zero-order valence-corrected chi connectivity index (χ0v) is 10.9. The predicted octanol–water partition coefficient (Wildman–Crippen LogP) is 3.14. The summed E-state index contributed by atoms with van der Waals surface area (Å²) in [5, 5.41) is 1.09. The Hall–Kier alpha value is 0.400. The van der Waals surface area contributed by atoms with Gasteiger partial charge in [-0.25, -0.2) is 0 Å². The lowest BCUT2D eigenvalue weighted by molar-refractivity contribution is -0.0673. The Labute approximate surface area is 101 Å². The molecule has 0 amide bonds. The highest BCUT2D eigenvalue weighted by Gasteiger charge is 2.36. The highest BCUT2D eigenvalue weighted by molar-refractivity contribution is 9.09. The van der Waals surface area contributed by atoms with Crippen molar-refractivity contribution < 1.29 is 9.47 Å². The molecule has 1 aliphatic carbocycles. The van der Waals surface area contributed by atoms with Gasteiger partial charge in [-0.1, -0.05) is 22.4 Å². The first kappa shape index (κ1) is 11.9. The normalized spacial score (nSPS) is 29.8. The number of ether oxygens (including phenoxy) is 2. The molecule has 1 heterocycles. The molecule has 0 bridgehead atoms. The van der Waals surface area contributed by atoms with Crippen LogP contribution in [0.4, 0.5) is 0 Å². The molecule has 0 aromatic carbocycles. The summed E-state index contributed by atoms with van der Waals surface area (Å²) >= 11 is 3.60. The molecule has 1 atom stereocenters. The van der Waals surface area contributed by atoms with E-state index >= 15 is 0 Å². The van der Waals surface area contributed by atoms with Crippen LogP contribution in [0.2, 0.25) is 0 Å². The van der Waals surface area contributed by atoms with E-state index in [0.29, 0.717) is 11.5 Å². The first-order chi connectivity index (χ1) is 7.35. The summed E-state index contributed by atoms with van der Waals surface area (Å²) in [6.45, 7) is 2.64. The predicted molar refractivity (Wildman–Crippen MR) is 64.5 cm³/mol. The summed E-state index contributed by atoms with van der Waals surface area (Å²) in [5.41, 5.74) is 0.453. The van der Waals surface area contributed by atoms with E-state index in [0.717, 1.165) is 25.2 Å². The molecule has 1 saturated heterocycles. The molecule has 3 heteroatoms. The van der Waals surface area contributed by atoms with Crippen LogP contribution < -0.4 is 0 Å². The maximum absolute atomic E-state index is 5.82. The van der Waals surface area contributed by atoms with E-state index in [1.165, 1.54) is 38.5 Å². The lowest BCUT2D eigenvalue weighted by Crippen LogP contribution is -2.37. The Morgan fingerprint density at radius 2 is 2.13 bits per heavy atom. The number of hydrogen-bond acceptors (Lipinski definition) is 2. The second kappa shape index (κ2) is 5.65. The Morgan fingerprint density at radius 3 is 2.67 bits per heavy atom. The first-order valence-corrected chi connectivity index (χ1v) is 7.22. The van der Waals surface area contributed by atoms with Crippen molar-refractivity contribution in [1.29, 1.82) is 0 Å². The van der Waals surface area contributed by atoms with E-state index in [1.54, 1.807) is 0 Å². The lowest BCUT2D eigenvalue weighted by atomic mass is 9.71. The maximum atomic E-state index is 5.82.